The molecule has 21 heavy (non-hydrogen) atoms. The van der Waals surface area contributed by atoms with E-state index in [9.17, 15) is 18.3 Å². The fourth-order valence-electron chi connectivity index (χ4n) is 3.04. The maximum atomic E-state index is 12.9. The van der Waals surface area contributed by atoms with Crippen LogP contribution in [0.1, 0.15) is 54.5 Å². The van der Waals surface area contributed by atoms with E-state index in [2.05, 4.69) is 0 Å². The standard InChI is InChI=1S/C14H21NO5S/c1-4-11-7-5-6-8-15(11)21(18,19)13-10(3)20-9(2)12(13)14(16)17/h11H,4-8H2,1-3H3,(H,16,17). The number of nitrogens with zero attached hydrogens (tertiary/aromatic N) is 1. The van der Waals surface area contributed by atoms with Crippen LogP contribution in [0.15, 0.2) is 9.31 Å². The van der Waals surface area contributed by atoms with Crippen LogP contribution in [0, 0.1) is 13.8 Å². The van der Waals surface area contributed by atoms with E-state index < -0.39 is 16.0 Å². The Morgan fingerprint density at radius 3 is 2.57 bits per heavy atom. The summed E-state index contributed by atoms with van der Waals surface area (Å²) in [5.74, 6) is -0.998. The van der Waals surface area contributed by atoms with Crippen LogP contribution >= 0.6 is 0 Å². The molecule has 0 aromatic carbocycles. The Labute approximate surface area is 124 Å². The van der Waals surface area contributed by atoms with E-state index in [0.29, 0.717) is 6.54 Å². The molecular formula is C14H21NO5S. The van der Waals surface area contributed by atoms with E-state index in [0.717, 1.165) is 25.7 Å². The number of hydrogen-bond donors (Lipinski definition) is 1. The second-order valence-electron chi connectivity index (χ2n) is 5.40. The Balaban J connectivity index is 2.56. The van der Waals surface area contributed by atoms with Gasteiger partial charge < -0.3 is 9.52 Å². The van der Waals surface area contributed by atoms with E-state index in [1.165, 1.54) is 18.2 Å². The molecule has 0 radical (unpaired) electrons. The largest absolute Gasteiger partial charge is 0.478 e. The second kappa shape index (κ2) is 5.81. The molecule has 0 aliphatic carbocycles. The van der Waals surface area contributed by atoms with Gasteiger partial charge in [0.2, 0.25) is 10.0 Å². The first-order chi connectivity index (χ1) is 9.80. The highest BCUT2D eigenvalue weighted by Gasteiger charge is 2.38. The van der Waals surface area contributed by atoms with Crippen molar-refractivity contribution in [3.63, 3.8) is 0 Å². The SMILES string of the molecule is CCC1CCCCN1S(=O)(=O)c1c(C)oc(C)c1C(=O)O. The summed E-state index contributed by atoms with van der Waals surface area (Å²) >= 11 is 0. The molecule has 2 heterocycles. The van der Waals surface area contributed by atoms with E-state index >= 15 is 0 Å². The predicted octanol–water partition coefficient (Wildman–Crippen LogP) is 2.55. The molecule has 1 aromatic heterocycles. The molecule has 1 aromatic rings. The normalized spacial score (nSPS) is 20.6. The van der Waals surface area contributed by atoms with Crippen molar-refractivity contribution >= 4 is 16.0 Å². The Bertz CT molecular complexity index is 647. The third-order valence-electron chi connectivity index (χ3n) is 4.03. The molecule has 1 saturated heterocycles. The molecule has 118 valence electrons. The van der Waals surface area contributed by atoms with Gasteiger partial charge in [0.15, 0.2) is 0 Å². The Morgan fingerprint density at radius 2 is 2.00 bits per heavy atom. The van der Waals surface area contributed by atoms with Crippen LogP contribution in [0.5, 0.6) is 0 Å². The molecule has 2 rings (SSSR count). The van der Waals surface area contributed by atoms with Crippen molar-refractivity contribution in [3.05, 3.63) is 17.1 Å². The van der Waals surface area contributed by atoms with Gasteiger partial charge in [0, 0.05) is 12.6 Å². The molecule has 1 unspecified atom stereocenters. The van der Waals surface area contributed by atoms with Gasteiger partial charge in [0.05, 0.1) is 0 Å². The average molecular weight is 315 g/mol. The lowest BCUT2D eigenvalue weighted by molar-refractivity contribution is 0.0691. The molecule has 6 nitrogen and oxygen atoms in total. The number of carbonyl (C=O) groups is 1. The lowest BCUT2D eigenvalue weighted by atomic mass is 10.0. The zero-order valence-corrected chi connectivity index (χ0v) is 13.4. The fraction of sp³-hybridized carbons (Fsp3) is 0.643. The summed E-state index contributed by atoms with van der Waals surface area (Å²) in [7, 11) is -3.85. The number of aromatic carboxylic acids is 1. The van der Waals surface area contributed by atoms with Crippen molar-refractivity contribution in [2.75, 3.05) is 6.54 Å². The lowest BCUT2D eigenvalue weighted by Gasteiger charge is -2.34. The number of rotatable bonds is 4. The molecule has 0 saturated carbocycles. The van der Waals surface area contributed by atoms with Crippen LogP contribution < -0.4 is 0 Å². The number of carboxylic acid groups (broad SMARTS) is 1. The molecule has 0 spiro atoms. The summed E-state index contributed by atoms with van der Waals surface area (Å²) in [5, 5.41) is 9.30. The zero-order chi connectivity index (χ0) is 15.8. The van der Waals surface area contributed by atoms with Crippen LogP contribution in [0.25, 0.3) is 0 Å². The Morgan fingerprint density at radius 1 is 1.33 bits per heavy atom. The minimum Gasteiger partial charge on any atom is -0.478 e. The third-order valence-corrected chi connectivity index (χ3v) is 6.14. The average Bonchev–Trinajstić information content (AvgIpc) is 2.74. The molecule has 7 heteroatoms. The number of piperidine rings is 1. The maximum Gasteiger partial charge on any atom is 0.340 e. The second-order valence-corrected chi connectivity index (χ2v) is 7.22. The fourth-order valence-corrected chi connectivity index (χ4v) is 5.18. The van der Waals surface area contributed by atoms with Crippen molar-refractivity contribution in [1.82, 2.24) is 4.31 Å². The summed E-state index contributed by atoms with van der Waals surface area (Å²) in [6.07, 6.45) is 3.33. The predicted molar refractivity (Wildman–Crippen MR) is 77.0 cm³/mol. The lowest BCUT2D eigenvalue weighted by Crippen LogP contribution is -2.43. The van der Waals surface area contributed by atoms with Crippen LogP contribution in [-0.4, -0.2) is 36.4 Å². The van der Waals surface area contributed by atoms with Gasteiger partial charge in [-0.1, -0.05) is 13.3 Å². The summed E-state index contributed by atoms with van der Waals surface area (Å²) in [6, 6.07) is -0.0694. The van der Waals surface area contributed by atoms with Crippen LogP contribution in [0.2, 0.25) is 0 Å². The quantitative estimate of drug-likeness (QED) is 0.922. The van der Waals surface area contributed by atoms with Gasteiger partial charge in [-0.15, -0.1) is 0 Å². The van der Waals surface area contributed by atoms with Crippen molar-refractivity contribution in [3.8, 4) is 0 Å². The van der Waals surface area contributed by atoms with Crippen molar-refractivity contribution in [2.45, 2.75) is 57.4 Å². The third kappa shape index (κ3) is 2.72. The van der Waals surface area contributed by atoms with Crippen LogP contribution in [0.4, 0.5) is 0 Å². The van der Waals surface area contributed by atoms with Crippen LogP contribution in [-0.2, 0) is 10.0 Å². The van der Waals surface area contributed by atoms with Crippen molar-refractivity contribution in [2.24, 2.45) is 0 Å². The van der Waals surface area contributed by atoms with Gasteiger partial charge in [0.25, 0.3) is 0 Å². The summed E-state index contributed by atoms with van der Waals surface area (Å²) in [5.41, 5.74) is -0.243. The van der Waals surface area contributed by atoms with E-state index in [-0.39, 0.29) is 28.0 Å². The van der Waals surface area contributed by atoms with E-state index in [4.69, 9.17) is 4.42 Å². The number of hydrogen-bond acceptors (Lipinski definition) is 4. The van der Waals surface area contributed by atoms with Gasteiger partial charge in [-0.25, -0.2) is 13.2 Å². The number of aryl methyl sites for hydroxylation is 2. The van der Waals surface area contributed by atoms with Gasteiger partial charge in [-0.3, -0.25) is 0 Å². The first-order valence-electron chi connectivity index (χ1n) is 7.15. The molecule has 0 amide bonds. The highest BCUT2D eigenvalue weighted by Crippen LogP contribution is 2.33. The monoisotopic (exact) mass is 315 g/mol. The van der Waals surface area contributed by atoms with Gasteiger partial charge in [-0.05, 0) is 33.1 Å². The number of sulfonamides is 1. The first-order valence-corrected chi connectivity index (χ1v) is 8.59. The molecule has 1 atom stereocenters. The summed E-state index contributed by atoms with van der Waals surface area (Å²) < 4.78 is 32.5. The summed E-state index contributed by atoms with van der Waals surface area (Å²) in [6.45, 7) is 5.36. The Kier molecular flexibility index (Phi) is 4.43. The smallest absolute Gasteiger partial charge is 0.340 e. The first kappa shape index (κ1) is 16.0. The van der Waals surface area contributed by atoms with Gasteiger partial charge in [0.1, 0.15) is 22.0 Å². The van der Waals surface area contributed by atoms with Crippen molar-refractivity contribution in [1.29, 1.82) is 0 Å². The van der Waals surface area contributed by atoms with E-state index in [1.54, 1.807) is 0 Å². The topological polar surface area (TPSA) is 87.8 Å². The molecular weight excluding hydrogens is 294 g/mol. The summed E-state index contributed by atoms with van der Waals surface area (Å²) in [4.78, 5) is 11.2. The van der Waals surface area contributed by atoms with E-state index in [1.807, 2.05) is 6.92 Å². The van der Waals surface area contributed by atoms with Gasteiger partial charge in [-0.2, -0.15) is 4.31 Å². The molecule has 1 fully saturated rings. The number of carboxylic acids is 1. The molecule has 0 bridgehead atoms. The minimum absolute atomic E-state index is 0.0694. The van der Waals surface area contributed by atoms with Crippen LogP contribution in [0.3, 0.4) is 0 Å². The highest BCUT2D eigenvalue weighted by molar-refractivity contribution is 7.89. The highest BCUT2D eigenvalue weighted by atomic mass is 32.2. The minimum atomic E-state index is -3.85. The molecule has 1 N–H and O–H groups in total. The number of furan rings is 1. The van der Waals surface area contributed by atoms with Gasteiger partial charge >= 0.3 is 5.97 Å². The molecule has 1 aliphatic rings. The maximum absolute atomic E-state index is 12.9. The van der Waals surface area contributed by atoms with Crippen molar-refractivity contribution < 1.29 is 22.7 Å². The molecule has 1 aliphatic heterocycles. The zero-order valence-electron chi connectivity index (χ0n) is 12.5. The Hall–Kier alpha value is -1.34.